The molecule has 1 nitrogen and oxygen atoms in total. The first-order valence-electron chi connectivity index (χ1n) is 6.49. The highest BCUT2D eigenvalue weighted by Crippen LogP contribution is 2.35. The van der Waals surface area contributed by atoms with E-state index in [1.165, 1.54) is 10.1 Å². The molecule has 3 heteroatoms. The number of benzene rings is 2. The Morgan fingerprint density at radius 1 is 1.05 bits per heavy atom. The molecule has 0 aliphatic carbocycles. The lowest BCUT2D eigenvalue weighted by Crippen LogP contribution is -2.00. The number of thiophene rings is 1. The highest BCUT2D eigenvalue weighted by Gasteiger charge is 2.16. The van der Waals surface area contributed by atoms with Crippen molar-refractivity contribution in [3.8, 4) is 0 Å². The first kappa shape index (κ1) is 13.6. The van der Waals surface area contributed by atoms with Crippen molar-refractivity contribution in [3.05, 3.63) is 69.1 Å². The fraction of sp³-hybridized carbons (Fsp3) is 0.176. The molecule has 0 saturated heterocycles. The third kappa shape index (κ3) is 2.35. The fourth-order valence-corrected chi connectivity index (χ4v) is 3.68. The molecule has 1 atom stereocenters. The highest BCUT2D eigenvalue weighted by molar-refractivity contribution is 7.19. The van der Waals surface area contributed by atoms with Gasteiger partial charge in [-0.2, -0.15) is 0 Å². The van der Waals surface area contributed by atoms with Crippen LogP contribution < -0.4 is 0 Å². The van der Waals surface area contributed by atoms with E-state index in [0.717, 1.165) is 26.6 Å². The minimum absolute atomic E-state index is 0.594. The Labute approximate surface area is 127 Å². The van der Waals surface area contributed by atoms with Gasteiger partial charge in [-0.3, -0.25) is 0 Å². The molecule has 3 rings (SSSR count). The summed E-state index contributed by atoms with van der Waals surface area (Å²) < 4.78 is 1.20. The van der Waals surface area contributed by atoms with E-state index in [-0.39, 0.29) is 0 Å². The lowest BCUT2D eigenvalue weighted by molar-refractivity contribution is 0.223. The number of hydrogen-bond donors (Lipinski definition) is 1. The van der Waals surface area contributed by atoms with Crippen LogP contribution in [-0.4, -0.2) is 5.11 Å². The van der Waals surface area contributed by atoms with Crippen LogP contribution >= 0.6 is 22.9 Å². The summed E-state index contributed by atoms with van der Waals surface area (Å²) in [4.78, 5) is 0.969. The number of rotatable bonds is 2. The van der Waals surface area contributed by atoms with Crippen LogP contribution in [0.3, 0.4) is 0 Å². The van der Waals surface area contributed by atoms with E-state index in [2.05, 4.69) is 18.2 Å². The second-order valence-corrected chi connectivity index (χ2v) is 6.57. The van der Waals surface area contributed by atoms with Gasteiger partial charge in [-0.05, 0) is 54.1 Å². The van der Waals surface area contributed by atoms with Crippen molar-refractivity contribution >= 4 is 33.0 Å². The van der Waals surface area contributed by atoms with Gasteiger partial charge in [0, 0.05) is 14.6 Å². The van der Waals surface area contributed by atoms with E-state index < -0.39 is 6.10 Å². The molecule has 0 amide bonds. The average molecular weight is 303 g/mol. The molecule has 1 aromatic heterocycles. The number of aliphatic hydroxyl groups excluding tert-OH is 1. The van der Waals surface area contributed by atoms with E-state index in [1.54, 1.807) is 11.3 Å². The number of halogens is 1. The maximum Gasteiger partial charge on any atom is 0.113 e. The molecular weight excluding hydrogens is 288 g/mol. The van der Waals surface area contributed by atoms with Gasteiger partial charge in [0.15, 0.2) is 0 Å². The van der Waals surface area contributed by atoms with E-state index >= 15 is 0 Å². The summed E-state index contributed by atoms with van der Waals surface area (Å²) >= 11 is 7.76. The second-order valence-electron chi connectivity index (χ2n) is 5.05. The summed E-state index contributed by atoms with van der Waals surface area (Å²) in [7, 11) is 0. The van der Waals surface area contributed by atoms with E-state index in [9.17, 15) is 5.11 Å². The Bertz CT molecular complexity index is 743. The Morgan fingerprint density at radius 2 is 1.80 bits per heavy atom. The molecule has 0 radical (unpaired) electrons. The van der Waals surface area contributed by atoms with E-state index in [4.69, 9.17) is 11.6 Å². The maximum atomic E-state index is 10.7. The van der Waals surface area contributed by atoms with Crippen molar-refractivity contribution in [2.45, 2.75) is 20.0 Å². The Hall–Kier alpha value is -1.35. The molecule has 0 aliphatic rings. The van der Waals surface area contributed by atoms with Gasteiger partial charge in [-0.25, -0.2) is 0 Å². The van der Waals surface area contributed by atoms with E-state index in [1.807, 2.05) is 38.1 Å². The van der Waals surface area contributed by atoms with Gasteiger partial charge >= 0.3 is 0 Å². The van der Waals surface area contributed by atoms with Gasteiger partial charge in [0.1, 0.15) is 6.10 Å². The van der Waals surface area contributed by atoms with Crippen LogP contribution in [0.2, 0.25) is 5.02 Å². The molecule has 0 aliphatic heterocycles. The van der Waals surface area contributed by atoms with Gasteiger partial charge in [0.25, 0.3) is 0 Å². The summed E-state index contributed by atoms with van der Waals surface area (Å²) in [6, 6.07) is 14.2. The van der Waals surface area contributed by atoms with Gasteiger partial charge in [-0.1, -0.05) is 35.9 Å². The van der Waals surface area contributed by atoms with Gasteiger partial charge < -0.3 is 5.11 Å². The smallest absolute Gasteiger partial charge is 0.113 e. The molecule has 0 fully saturated rings. The highest BCUT2D eigenvalue weighted by atomic mass is 35.5. The minimum Gasteiger partial charge on any atom is -0.383 e. The van der Waals surface area contributed by atoms with Gasteiger partial charge in [0.05, 0.1) is 0 Å². The Balaban J connectivity index is 2.07. The minimum atomic E-state index is -0.594. The van der Waals surface area contributed by atoms with Crippen LogP contribution in [0.15, 0.2) is 42.5 Å². The summed E-state index contributed by atoms with van der Waals surface area (Å²) in [6.07, 6.45) is -0.594. The molecule has 0 saturated carbocycles. The Kier molecular flexibility index (Phi) is 3.55. The van der Waals surface area contributed by atoms with Crippen LogP contribution in [0.5, 0.6) is 0 Å². The summed E-state index contributed by atoms with van der Waals surface area (Å²) in [6.45, 7) is 3.94. The van der Waals surface area contributed by atoms with Crippen molar-refractivity contribution in [1.82, 2.24) is 0 Å². The van der Waals surface area contributed by atoms with Crippen molar-refractivity contribution in [3.63, 3.8) is 0 Å². The Morgan fingerprint density at radius 3 is 2.55 bits per heavy atom. The largest absolute Gasteiger partial charge is 0.383 e. The van der Waals surface area contributed by atoms with Crippen LogP contribution in [0.25, 0.3) is 10.1 Å². The quantitative estimate of drug-likeness (QED) is 0.685. The first-order chi connectivity index (χ1) is 9.56. The van der Waals surface area contributed by atoms with Crippen LogP contribution in [-0.2, 0) is 0 Å². The number of hydrogen-bond acceptors (Lipinski definition) is 2. The van der Waals surface area contributed by atoms with Crippen molar-refractivity contribution < 1.29 is 5.11 Å². The normalized spacial score (nSPS) is 12.8. The van der Waals surface area contributed by atoms with Crippen LogP contribution in [0.4, 0.5) is 0 Å². The number of fused-ring (bicyclic) bond motifs is 1. The predicted octanol–water partition coefficient (Wildman–Crippen LogP) is 5.25. The van der Waals surface area contributed by atoms with Crippen molar-refractivity contribution in [2.75, 3.05) is 0 Å². The summed E-state index contributed by atoms with van der Waals surface area (Å²) in [5.74, 6) is 0. The zero-order valence-electron chi connectivity index (χ0n) is 11.4. The molecule has 1 N–H and O–H groups in total. The fourth-order valence-electron chi connectivity index (χ4n) is 2.39. The lowest BCUT2D eigenvalue weighted by Gasteiger charge is -2.14. The second kappa shape index (κ2) is 5.21. The SMILES string of the molecule is Cc1cc(C(O)c2cc3ccccc3s2)c(C)cc1Cl. The topological polar surface area (TPSA) is 20.2 Å². The number of aryl methyl sites for hydroxylation is 2. The molecule has 102 valence electrons. The molecule has 20 heavy (non-hydrogen) atoms. The standard InChI is InChI=1S/C17H15ClOS/c1-10-8-14(18)11(2)7-13(10)17(19)16-9-12-5-3-4-6-15(12)20-16/h3-9,17,19H,1-2H3. The number of aliphatic hydroxyl groups is 1. The molecule has 1 heterocycles. The first-order valence-corrected chi connectivity index (χ1v) is 7.69. The monoisotopic (exact) mass is 302 g/mol. The zero-order valence-corrected chi connectivity index (χ0v) is 12.9. The van der Waals surface area contributed by atoms with Crippen LogP contribution in [0.1, 0.15) is 27.7 Å². The third-order valence-electron chi connectivity index (χ3n) is 3.56. The predicted molar refractivity (Wildman–Crippen MR) is 86.8 cm³/mol. The molecule has 0 bridgehead atoms. The molecule has 1 unspecified atom stereocenters. The van der Waals surface area contributed by atoms with Crippen molar-refractivity contribution in [2.24, 2.45) is 0 Å². The maximum absolute atomic E-state index is 10.7. The average Bonchev–Trinajstić information content (AvgIpc) is 2.86. The van der Waals surface area contributed by atoms with E-state index in [0.29, 0.717) is 0 Å². The summed E-state index contributed by atoms with van der Waals surface area (Å²) in [5, 5.41) is 12.6. The molecule has 2 aromatic carbocycles. The van der Waals surface area contributed by atoms with Gasteiger partial charge in [-0.15, -0.1) is 11.3 Å². The lowest BCUT2D eigenvalue weighted by atomic mass is 9.99. The molecule has 3 aromatic rings. The summed E-state index contributed by atoms with van der Waals surface area (Å²) in [5.41, 5.74) is 2.94. The third-order valence-corrected chi connectivity index (χ3v) is 5.13. The zero-order chi connectivity index (χ0) is 14.3. The molecular formula is C17H15ClOS. The molecule has 0 spiro atoms. The van der Waals surface area contributed by atoms with Crippen LogP contribution in [0, 0.1) is 13.8 Å². The van der Waals surface area contributed by atoms with Gasteiger partial charge in [0.2, 0.25) is 0 Å². The van der Waals surface area contributed by atoms with Crippen molar-refractivity contribution in [1.29, 1.82) is 0 Å².